The van der Waals surface area contributed by atoms with E-state index in [1.165, 1.54) is 38.2 Å². The highest BCUT2D eigenvalue weighted by molar-refractivity contribution is 8.00. The van der Waals surface area contributed by atoms with E-state index < -0.39 is 0 Å². The van der Waals surface area contributed by atoms with Crippen molar-refractivity contribution in [2.24, 2.45) is 5.73 Å². The molecule has 4 heteroatoms. The lowest BCUT2D eigenvalue weighted by molar-refractivity contribution is 0.00882. The van der Waals surface area contributed by atoms with Crippen molar-refractivity contribution in [2.75, 3.05) is 39.0 Å². The molecule has 0 spiro atoms. The first-order chi connectivity index (χ1) is 8.09. The monoisotopic (exact) mass is 257 g/mol. The maximum absolute atomic E-state index is 6.16. The normalized spacial score (nSPS) is 36.0. The quantitative estimate of drug-likeness (QED) is 0.807. The van der Waals surface area contributed by atoms with Crippen molar-refractivity contribution in [2.45, 2.75) is 43.5 Å². The van der Waals surface area contributed by atoms with Gasteiger partial charge in [-0.1, -0.05) is 6.92 Å². The molecule has 3 nitrogen and oxygen atoms in total. The van der Waals surface area contributed by atoms with Gasteiger partial charge in [-0.2, -0.15) is 11.8 Å². The van der Waals surface area contributed by atoms with E-state index in [0.717, 1.165) is 11.8 Å². The third-order valence-corrected chi connectivity index (χ3v) is 6.13. The third kappa shape index (κ3) is 2.65. The second-order valence-corrected chi connectivity index (χ2v) is 7.23. The molecule has 0 amide bonds. The Morgan fingerprint density at radius 2 is 1.88 bits per heavy atom. The van der Waals surface area contributed by atoms with Crippen LogP contribution in [0, 0.1) is 0 Å². The lowest BCUT2D eigenvalue weighted by Gasteiger charge is -2.53. The zero-order valence-corrected chi connectivity index (χ0v) is 12.3. The summed E-state index contributed by atoms with van der Waals surface area (Å²) in [5.41, 5.74) is 6.43. The molecule has 2 atom stereocenters. The van der Waals surface area contributed by atoms with E-state index in [1.807, 2.05) is 0 Å². The summed E-state index contributed by atoms with van der Waals surface area (Å²) in [6.07, 6.45) is 2.48. The summed E-state index contributed by atoms with van der Waals surface area (Å²) in [5.74, 6) is 1.27. The minimum absolute atomic E-state index is 0.279. The van der Waals surface area contributed by atoms with Crippen LogP contribution in [0.1, 0.15) is 26.7 Å². The number of hydrogen-bond donors (Lipinski definition) is 1. The maximum atomic E-state index is 6.16. The van der Waals surface area contributed by atoms with Crippen molar-refractivity contribution in [3.63, 3.8) is 0 Å². The molecule has 2 aliphatic heterocycles. The lowest BCUT2D eigenvalue weighted by atomic mass is 9.84. The van der Waals surface area contributed by atoms with Gasteiger partial charge in [0.15, 0.2) is 0 Å². The van der Waals surface area contributed by atoms with Crippen LogP contribution < -0.4 is 5.73 Å². The fourth-order valence-corrected chi connectivity index (χ4v) is 4.35. The maximum Gasteiger partial charge on any atom is 0.0359 e. The fraction of sp³-hybridized carbons (Fsp3) is 1.00. The van der Waals surface area contributed by atoms with Crippen molar-refractivity contribution in [3.8, 4) is 0 Å². The molecule has 0 aromatic heterocycles. The molecular weight excluding hydrogens is 230 g/mol. The van der Waals surface area contributed by atoms with Crippen molar-refractivity contribution >= 4 is 11.8 Å². The number of likely N-dealkylation sites (tertiary alicyclic amines) is 1. The van der Waals surface area contributed by atoms with Gasteiger partial charge in [-0.25, -0.2) is 0 Å². The van der Waals surface area contributed by atoms with Crippen LogP contribution in [0.3, 0.4) is 0 Å². The van der Waals surface area contributed by atoms with Crippen molar-refractivity contribution in [3.05, 3.63) is 0 Å². The summed E-state index contributed by atoms with van der Waals surface area (Å²) >= 11 is 2.11. The highest BCUT2D eigenvalue weighted by Gasteiger charge is 2.42. The third-order valence-electron chi connectivity index (χ3n) is 4.79. The van der Waals surface area contributed by atoms with Crippen LogP contribution in [-0.4, -0.2) is 65.6 Å². The highest BCUT2D eigenvalue weighted by Crippen LogP contribution is 2.35. The van der Waals surface area contributed by atoms with E-state index in [9.17, 15) is 0 Å². The van der Waals surface area contributed by atoms with Gasteiger partial charge in [0, 0.05) is 35.7 Å². The van der Waals surface area contributed by atoms with Gasteiger partial charge in [0.2, 0.25) is 0 Å². The van der Waals surface area contributed by atoms with E-state index >= 15 is 0 Å². The predicted molar refractivity (Wildman–Crippen MR) is 76.6 cm³/mol. The van der Waals surface area contributed by atoms with Crippen LogP contribution in [0.2, 0.25) is 0 Å². The Morgan fingerprint density at radius 3 is 2.47 bits per heavy atom. The summed E-state index contributed by atoms with van der Waals surface area (Å²) in [6, 6.07) is 0.667. The van der Waals surface area contributed by atoms with E-state index in [4.69, 9.17) is 5.73 Å². The first-order valence-corrected chi connectivity index (χ1v) is 7.91. The molecule has 0 aromatic carbocycles. The van der Waals surface area contributed by atoms with Gasteiger partial charge >= 0.3 is 0 Å². The average Bonchev–Trinajstić information content (AvgIpc) is 2.35. The van der Waals surface area contributed by atoms with Crippen LogP contribution in [0.25, 0.3) is 0 Å². The van der Waals surface area contributed by atoms with Gasteiger partial charge < -0.3 is 10.6 Å². The Hall–Kier alpha value is 0.230. The van der Waals surface area contributed by atoms with Crippen LogP contribution in [0.4, 0.5) is 0 Å². The Labute approximate surface area is 110 Å². The molecule has 2 heterocycles. The Bertz CT molecular complexity index is 251. The summed E-state index contributed by atoms with van der Waals surface area (Å²) in [5, 5.41) is 0.742. The summed E-state index contributed by atoms with van der Waals surface area (Å²) < 4.78 is 0. The molecule has 0 saturated carbocycles. The van der Waals surface area contributed by atoms with E-state index in [1.54, 1.807) is 0 Å². The predicted octanol–water partition coefficient (Wildman–Crippen LogP) is 1.24. The number of nitrogens with two attached hydrogens (primary N) is 1. The Morgan fingerprint density at radius 1 is 1.24 bits per heavy atom. The van der Waals surface area contributed by atoms with Gasteiger partial charge in [0.05, 0.1) is 0 Å². The molecule has 0 aromatic rings. The molecule has 17 heavy (non-hydrogen) atoms. The number of rotatable bonds is 2. The van der Waals surface area contributed by atoms with Crippen LogP contribution in [0.15, 0.2) is 0 Å². The molecule has 2 aliphatic rings. The van der Waals surface area contributed by atoms with E-state index in [2.05, 4.69) is 42.5 Å². The lowest BCUT2D eigenvalue weighted by Crippen LogP contribution is -2.64. The largest absolute Gasteiger partial charge is 0.329 e. The average molecular weight is 257 g/mol. The number of hydrogen-bond acceptors (Lipinski definition) is 4. The zero-order chi connectivity index (χ0) is 12.5. The van der Waals surface area contributed by atoms with Crippen LogP contribution in [0.5, 0.6) is 0 Å². The standard InChI is InChI=1S/C13H27N3S/c1-11-12(2)17-9-8-16(11)13(10-14)4-6-15(3)7-5-13/h11-12H,4-10,14H2,1-3H3. The van der Waals surface area contributed by atoms with E-state index in [-0.39, 0.29) is 5.54 Å². The van der Waals surface area contributed by atoms with Gasteiger partial charge in [-0.05, 0) is 39.9 Å². The molecule has 0 bridgehead atoms. The Balaban J connectivity index is 2.11. The molecule has 0 aliphatic carbocycles. The molecule has 100 valence electrons. The first-order valence-electron chi connectivity index (χ1n) is 6.86. The molecule has 0 radical (unpaired) electrons. The molecule has 2 unspecified atom stereocenters. The zero-order valence-electron chi connectivity index (χ0n) is 11.5. The number of nitrogens with zero attached hydrogens (tertiary/aromatic N) is 2. The first kappa shape index (κ1) is 13.7. The highest BCUT2D eigenvalue weighted by atomic mass is 32.2. The summed E-state index contributed by atoms with van der Waals surface area (Å²) in [7, 11) is 2.22. The fourth-order valence-electron chi connectivity index (χ4n) is 3.25. The Kier molecular flexibility index (Phi) is 4.40. The van der Waals surface area contributed by atoms with Crippen LogP contribution >= 0.6 is 11.8 Å². The van der Waals surface area contributed by atoms with Gasteiger partial charge in [0.1, 0.15) is 0 Å². The van der Waals surface area contributed by atoms with Crippen molar-refractivity contribution in [1.29, 1.82) is 0 Å². The number of thioether (sulfide) groups is 1. The topological polar surface area (TPSA) is 32.5 Å². The second kappa shape index (κ2) is 5.47. The van der Waals surface area contributed by atoms with Crippen molar-refractivity contribution < 1.29 is 0 Å². The smallest absolute Gasteiger partial charge is 0.0359 e. The summed E-state index contributed by atoms with van der Waals surface area (Å²) in [6.45, 7) is 9.18. The molecule has 2 fully saturated rings. The SMILES string of the molecule is CC1SCCN(C2(CN)CCN(C)CC2)C1C. The minimum Gasteiger partial charge on any atom is -0.329 e. The molecule has 2 N–H and O–H groups in total. The van der Waals surface area contributed by atoms with Crippen molar-refractivity contribution in [1.82, 2.24) is 9.80 Å². The molecule has 2 saturated heterocycles. The van der Waals surface area contributed by atoms with E-state index in [0.29, 0.717) is 6.04 Å². The number of piperidine rings is 1. The second-order valence-electron chi connectivity index (χ2n) is 5.74. The van der Waals surface area contributed by atoms with Gasteiger partial charge in [-0.15, -0.1) is 0 Å². The summed E-state index contributed by atoms with van der Waals surface area (Å²) in [4.78, 5) is 5.15. The molecule has 2 rings (SSSR count). The van der Waals surface area contributed by atoms with Crippen LogP contribution in [-0.2, 0) is 0 Å². The van der Waals surface area contributed by atoms with Gasteiger partial charge in [-0.3, -0.25) is 4.90 Å². The minimum atomic E-state index is 0.279. The molecular formula is C13H27N3S. The van der Waals surface area contributed by atoms with Gasteiger partial charge in [0.25, 0.3) is 0 Å².